The number of ether oxygens (including phenoxy) is 1. The summed E-state index contributed by atoms with van der Waals surface area (Å²) < 4.78 is 5.32. The SMILES string of the molecule is COc1ccc(C)cc1C(N)CSCCCO. The Kier molecular flexibility index (Phi) is 6.40. The molecule has 0 amide bonds. The second-order valence-electron chi connectivity index (χ2n) is 4.00. The van der Waals surface area contributed by atoms with Crippen molar-refractivity contribution in [3.63, 3.8) is 0 Å². The molecule has 96 valence electrons. The van der Waals surface area contributed by atoms with Gasteiger partial charge < -0.3 is 15.6 Å². The van der Waals surface area contributed by atoms with Crippen LogP contribution in [0.2, 0.25) is 0 Å². The van der Waals surface area contributed by atoms with Crippen molar-refractivity contribution < 1.29 is 9.84 Å². The van der Waals surface area contributed by atoms with E-state index in [-0.39, 0.29) is 12.6 Å². The van der Waals surface area contributed by atoms with Gasteiger partial charge in [0.25, 0.3) is 0 Å². The van der Waals surface area contributed by atoms with Crippen LogP contribution in [0.3, 0.4) is 0 Å². The molecule has 17 heavy (non-hydrogen) atoms. The number of hydrogen-bond acceptors (Lipinski definition) is 4. The van der Waals surface area contributed by atoms with Gasteiger partial charge in [0, 0.05) is 24.0 Å². The second-order valence-corrected chi connectivity index (χ2v) is 5.15. The predicted octanol–water partition coefficient (Wildman–Crippen LogP) is 2.12. The molecule has 4 heteroatoms. The van der Waals surface area contributed by atoms with Crippen molar-refractivity contribution in [1.29, 1.82) is 0 Å². The van der Waals surface area contributed by atoms with Crippen LogP contribution in [0.5, 0.6) is 5.75 Å². The molecular formula is C13H21NO2S. The Labute approximate surface area is 107 Å². The molecule has 1 unspecified atom stereocenters. The van der Waals surface area contributed by atoms with E-state index in [2.05, 4.69) is 13.0 Å². The monoisotopic (exact) mass is 255 g/mol. The highest BCUT2D eigenvalue weighted by molar-refractivity contribution is 7.99. The molecule has 1 rings (SSSR count). The van der Waals surface area contributed by atoms with Crippen LogP contribution in [-0.2, 0) is 0 Å². The first-order valence-electron chi connectivity index (χ1n) is 5.77. The molecule has 0 aliphatic carbocycles. The van der Waals surface area contributed by atoms with Crippen LogP contribution >= 0.6 is 11.8 Å². The molecule has 0 saturated heterocycles. The van der Waals surface area contributed by atoms with Gasteiger partial charge in [-0.25, -0.2) is 0 Å². The van der Waals surface area contributed by atoms with Gasteiger partial charge in [-0.1, -0.05) is 17.7 Å². The van der Waals surface area contributed by atoms with Crippen molar-refractivity contribution in [2.75, 3.05) is 25.2 Å². The zero-order chi connectivity index (χ0) is 12.7. The summed E-state index contributed by atoms with van der Waals surface area (Å²) in [5, 5.41) is 8.70. The lowest BCUT2D eigenvalue weighted by Gasteiger charge is -2.16. The molecule has 0 saturated carbocycles. The normalized spacial score (nSPS) is 12.5. The Hall–Kier alpha value is -0.710. The molecule has 0 aliphatic rings. The van der Waals surface area contributed by atoms with Gasteiger partial charge >= 0.3 is 0 Å². The third kappa shape index (κ3) is 4.58. The fourth-order valence-corrected chi connectivity index (χ4v) is 2.54. The summed E-state index contributed by atoms with van der Waals surface area (Å²) in [5.74, 6) is 2.64. The largest absolute Gasteiger partial charge is 0.496 e. The van der Waals surface area contributed by atoms with Crippen LogP contribution in [0.15, 0.2) is 18.2 Å². The topological polar surface area (TPSA) is 55.5 Å². The lowest BCUT2D eigenvalue weighted by molar-refractivity contribution is 0.296. The van der Waals surface area contributed by atoms with Crippen LogP contribution in [0.4, 0.5) is 0 Å². The Morgan fingerprint density at radius 2 is 2.24 bits per heavy atom. The second kappa shape index (κ2) is 7.58. The van der Waals surface area contributed by atoms with E-state index in [1.165, 1.54) is 5.56 Å². The van der Waals surface area contributed by atoms with E-state index in [1.54, 1.807) is 18.9 Å². The maximum absolute atomic E-state index is 8.70. The van der Waals surface area contributed by atoms with Crippen LogP contribution in [0, 0.1) is 6.92 Å². The Morgan fingerprint density at radius 1 is 1.47 bits per heavy atom. The highest BCUT2D eigenvalue weighted by atomic mass is 32.2. The molecule has 1 atom stereocenters. The van der Waals surface area contributed by atoms with Gasteiger partial charge in [-0.05, 0) is 25.2 Å². The molecule has 1 aromatic carbocycles. The van der Waals surface area contributed by atoms with Crippen molar-refractivity contribution in [3.05, 3.63) is 29.3 Å². The van der Waals surface area contributed by atoms with E-state index in [0.29, 0.717) is 0 Å². The molecule has 0 radical (unpaired) electrons. The first kappa shape index (κ1) is 14.4. The van der Waals surface area contributed by atoms with E-state index in [9.17, 15) is 0 Å². The summed E-state index contributed by atoms with van der Waals surface area (Å²) in [6, 6.07) is 6.04. The number of hydrogen-bond donors (Lipinski definition) is 2. The van der Waals surface area contributed by atoms with Crippen molar-refractivity contribution in [1.82, 2.24) is 0 Å². The number of thioether (sulfide) groups is 1. The van der Waals surface area contributed by atoms with Gasteiger partial charge in [0.15, 0.2) is 0 Å². The van der Waals surface area contributed by atoms with Gasteiger partial charge in [-0.3, -0.25) is 0 Å². The summed E-state index contributed by atoms with van der Waals surface area (Å²) in [5.41, 5.74) is 8.41. The number of methoxy groups -OCH3 is 1. The maximum atomic E-state index is 8.70. The van der Waals surface area contributed by atoms with Crippen LogP contribution < -0.4 is 10.5 Å². The Morgan fingerprint density at radius 3 is 2.88 bits per heavy atom. The number of rotatable bonds is 7. The van der Waals surface area contributed by atoms with Crippen LogP contribution in [-0.4, -0.2) is 30.3 Å². The summed E-state index contributed by atoms with van der Waals surface area (Å²) >= 11 is 1.77. The third-order valence-electron chi connectivity index (χ3n) is 2.53. The molecular weight excluding hydrogens is 234 g/mol. The Balaban J connectivity index is 2.60. The number of benzene rings is 1. The first-order valence-corrected chi connectivity index (χ1v) is 6.93. The standard InChI is InChI=1S/C13H21NO2S/c1-10-4-5-13(16-2)11(8-10)12(14)9-17-7-3-6-15/h4-5,8,12,15H,3,6-7,9,14H2,1-2H3. The third-order valence-corrected chi connectivity index (χ3v) is 3.70. The number of nitrogens with two attached hydrogens (primary N) is 1. The molecule has 3 nitrogen and oxygen atoms in total. The van der Waals surface area contributed by atoms with Gasteiger partial charge in [0.05, 0.1) is 7.11 Å². The summed E-state index contributed by atoms with van der Waals surface area (Å²) in [6.45, 7) is 2.30. The highest BCUT2D eigenvalue weighted by Crippen LogP contribution is 2.27. The molecule has 0 spiro atoms. The molecule has 0 fully saturated rings. The van der Waals surface area contributed by atoms with Gasteiger partial charge in [-0.15, -0.1) is 0 Å². The zero-order valence-electron chi connectivity index (χ0n) is 10.5. The highest BCUT2D eigenvalue weighted by Gasteiger charge is 2.11. The first-order chi connectivity index (χ1) is 8.19. The molecule has 3 N–H and O–H groups in total. The van der Waals surface area contributed by atoms with E-state index in [1.807, 2.05) is 12.1 Å². The summed E-state index contributed by atoms with van der Waals surface area (Å²) in [7, 11) is 1.67. The number of aryl methyl sites for hydroxylation is 1. The van der Waals surface area contributed by atoms with E-state index in [4.69, 9.17) is 15.6 Å². The fraction of sp³-hybridized carbons (Fsp3) is 0.538. The quantitative estimate of drug-likeness (QED) is 0.733. The molecule has 0 heterocycles. The van der Waals surface area contributed by atoms with Gasteiger partial charge in [-0.2, -0.15) is 11.8 Å². The molecule has 1 aromatic rings. The minimum absolute atomic E-state index is 0.0199. The summed E-state index contributed by atoms with van der Waals surface area (Å²) in [4.78, 5) is 0. The maximum Gasteiger partial charge on any atom is 0.123 e. The number of aliphatic hydroxyl groups excluding tert-OH is 1. The average Bonchev–Trinajstić information content (AvgIpc) is 2.34. The molecule has 0 aliphatic heterocycles. The van der Waals surface area contributed by atoms with Gasteiger partial charge in [0.2, 0.25) is 0 Å². The molecule has 0 bridgehead atoms. The zero-order valence-corrected chi connectivity index (χ0v) is 11.3. The number of aliphatic hydroxyl groups is 1. The van der Waals surface area contributed by atoms with Crippen molar-refractivity contribution in [2.24, 2.45) is 5.73 Å². The lowest BCUT2D eigenvalue weighted by atomic mass is 10.1. The minimum Gasteiger partial charge on any atom is -0.496 e. The van der Waals surface area contributed by atoms with Crippen LogP contribution in [0.1, 0.15) is 23.6 Å². The van der Waals surface area contributed by atoms with Crippen molar-refractivity contribution >= 4 is 11.8 Å². The van der Waals surface area contributed by atoms with Crippen molar-refractivity contribution in [2.45, 2.75) is 19.4 Å². The Bertz CT molecular complexity index is 344. The van der Waals surface area contributed by atoms with E-state index < -0.39 is 0 Å². The van der Waals surface area contributed by atoms with Gasteiger partial charge in [0.1, 0.15) is 5.75 Å². The lowest BCUT2D eigenvalue weighted by Crippen LogP contribution is -2.14. The minimum atomic E-state index is -0.0199. The van der Waals surface area contributed by atoms with Crippen LogP contribution in [0.25, 0.3) is 0 Å². The summed E-state index contributed by atoms with van der Waals surface area (Å²) in [6.07, 6.45) is 0.822. The van der Waals surface area contributed by atoms with E-state index in [0.717, 1.165) is 29.2 Å². The average molecular weight is 255 g/mol. The molecule has 0 aromatic heterocycles. The predicted molar refractivity (Wildman–Crippen MR) is 73.7 cm³/mol. The van der Waals surface area contributed by atoms with Crippen molar-refractivity contribution in [3.8, 4) is 5.75 Å². The fourth-order valence-electron chi connectivity index (χ4n) is 1.61. The van der Waals surface area contributed by atoms with E-state index >= 15 is 0 Å². The smallest absolute Gasteiger partial charge is 0.123 e.